The van der Waals surface area contributed by atoms with Crippen LogP contribution in [0.5, 0.6) is 5.75 Å². The Morgan fingerprint density at radius 1 is 1.43 bits per heavy atom. The highest BCUT2D eigenvalue weighted by molar-refractivity contribution is 7.12. The second-order valence-electron chi connectivity index (χ2n) is 3.77. The molecule has 9 heteroatoms. The molecule has 0 aliphatic heterocycles. The molecular formula is C12H10F3N3O2S. The van der Waals surface area contributed by atoms with Crippen molar-refractivity contribution in [3.05, 3.63) is 34.4 Å². The number of anilines is 1. The number of hydrogen-bond donors (Lipinski definition) is 1. The van der Waals surface area contributed by atoms with E-state index >= 15 is 0 Å². The Kier molecular flexibility index (Phi) is 4.41. The molecule has 2 aromatic heterocycles. The number of thiazole rings is 1. The van der Waals surface area contributed by atoms with Crippen molar-refractivity contribution >= 4 is 23.1 Å². The molecule has 0 saturated carbocycles. The monoisotopic (exact) mass is 317 g/mol. The van der Waals surface area contributed by atoms with E-state index in [1.807, 2.05) is 0 Å². The molecule has 112 valence electrons. The number of rotatable bonds is 4. The first-order chi connectivity index (χ1) is 9.93. The van der Waals surface area contributed by atoms with Crippen molar-refractivity contribution < 1.29 is 22.7 Å². The van der Waals surface area contributed by atoms with Crippen molar-refractivity contribution in [3.63, 3.8) is 0 Å². The SMILES string of the molecule is CCOc1cccnc1NC(=O)c1scnc1C(F)(F)F. The summed E-state index contributed by atoms with van der Waals surface area (Å²) in [6.45, 7) is 2.08. The van der Waals surface area contributed by atoms with E-state index in [1.54, 1.807) is 19.1 Å². The van der Waals surface area contributed by atoms with Crippen LogP contribution in [0.25, 0.3) is 0 Å². The predicted molar refractivity (Wildman–Crippen MR) is 70.5 cm³/mol. The first kappa shape index (κ1) is 15.2. The van der Waals surface area contributed by atoms with Crippen LogP contribution < -0.4 is 10.1 Å². The first-order valence-electron chi connectivity index (χ1n) is 5.83. The standard InChI is InChI=1S/C12H10F3N3O2S/c1-2-20-7-4-3-5-16-10(7)18-11(19)8-9(12(13,14)15)17-6-21-8/h3-6H,2H2,1H3,(H,16,18,19). The third-order valence-electron chi connectivity index (χ3n) is 2.34. The molecule has 0 aromatic carbocycles. The third kappa shape index (κ3) is 3.48. The van der Waals surface area contributed by atoms with E-state index in [4.69, 9.17) is 4.74 Å². The molecule has 0 aliphatic rings. The summed E-state index contributed by atoms with van der Waals surface area (Å²) in [6.07, 6.45) is -3.28. The van der Waals surface area contributed by atoms with Gasteiger partial charge in [-0.15, -0.1) is 11.3 Å². The summed E-state index contributed by atoms with van der Waals surface area (Å²) in [6, 6.07) is 3.15. The van der Waals surface area contributed by atoms with Gasteiger partial charge >= 0.3 is 6.18 Å². The lowest BCUT2D eigenvalue weighted by molar-refractivity contribution is -0.141. The molecule has 1 N–H and O–H groups in total. The normalized spacial score (nSPS) is 11.2. The van der Waals surface area contributed by atoms with Gasteiger partial charge < -0.3 is 10.1 Å². The maximum absolute atomic E-state index is 12.7. The molecule has 0 atom stereocenters. The van der Waals surface area contributed by atoms with Crippen molar-refractivity contribution in [2.45, 2.75) is 13.1 Å². The zero-order valence-corrected chi connectivity index (χ0v) is 11.6. The summed E-state index contributed by atoms with van der Waals surface area (Å²) < 4.78 is 43.4. The van der Waals surface area contributed by atoms with Gasteiger partial charge in [-0.1, -0.05) is 0 Å². The number of amides is 1. The van der Waals surface area contributed by atoms with Gasteiger partial charge in [-0.3, -0.25) is 4.79 Å². The molecule has 0 fully saturated rings. The van der Waals surface area contributed by atoms with Crippen LogP contribution in [0.2, 0.25) is 0 Å². The Morgan fingerprint density at radius 3 is 2.86 bits per heavy atom. The number of hydrogen-bond acceptors (Lipinski definition) is 5. The molecule has 2 rings (SSSR count). The van der Waals surface area contributed by atoms with Gasteiger partial charge in [0.1, 0.15) is 4.88 Å². The number of carbonyl (C=O) groups is 1. The van der Waals surface area contributed by atoms with Crippen LogP contribution in [0.3, 0.4) is 0 Å². The highest BCUT2D eigenvalue weighted by Crippen LogP contribution is 2.33. The number of alkyl halides is 3. The predicted octanol–water partition coefficient (Wildman–Crippen LogP) is 3.21. The van der Waals surface area contributed by atoms with Gasteiger partial charge in [-0.05, 0) is 19.1 Å². The Morgan fingerprint density at radius 2 is 2.19 bits per heavy atom. The number of carbonyl (C=O) groups excluding carboxylic acids is 1. The molecule has 1 amide bonds. The number of nitrogens with zero attached hydrogens (tertiary/aromatic N) is 2. The Bertz CT molecular complexity index is 643. The highest BCUT2D eigenvalue weighted by atomic mass is 32.1. The summed E-state index contributed by atoms with van der Waals surface area (Å²) >= 11 is 0.611. The summed E-state index contributed by atoms with van der Waals surface area (Å²) in [5.41, 5.74) is -0.238. The lowest BCUT2D eigenvalue weighted by atomic mass is 10.3. The fourth-order valence-electron chi connectivity index (χ4n) is 1.53. The smallest absolute Gasteiger partial charge is 0.434 e. The number of nitrogens with one attached hydrogen (secondary N) is 1. The van der Waals surface area contributed by atoms with Gasteiger partial charge in [0.15, 0.2) is 17.3 Å². The zero-order chi connectivity index (χ0) is 15.5. The lowest BCUT2D eigenvalue weighted by Gasteiger charge is -2.10. The average molecular weight is 317 g/mol. The van der Waals surface area contributed by atoms with E-state index < -0.39 is 22.7 Å². The minimum Gasteiger partial charge on any atom is -0.490 e. The van der Waals surface area contributed by atoms with Gasteiger partial charge in [0, 0.05) is 6.20 Å². The van der Waals surface area contributed by atoms with Gasteiger partial charge in [0.2, 0.25) is 0 Å². The molecule has 21 heavy (non-hydrogen) atoms. The van der Waals surface area contributed by atoms with E-state index in [9.17, 15) is 18.0 Å². The molecular weight excluding hydrogens is 307 g/mol. The Labute approximate surface area is 121 Å². The zero-order valence-electron chi connectivity index (χ0n) is 10.8. The van der Waals surface area contributed by atoms with Crippen LogP contribution in [0.15, 0.2) is 23.8 Å². The summed E-state index contributed by atoms with van der Waals surface area (Å²) in [5.74, 6) is -0.582. The molecule has 2 aromatic rings. The molecule has 0 unspecified atom stereocenters. The summed E-state index contributed by atoms with van der Waals surface area (Å²) in [4.78, 5) is 18.5. The van der Waals surface area contributed by atoms with Crippen LogP contribution in [0.1, 0.15) is 22.3 Å². The van der Waals surface area contributed by atoms with Crippen LogP contribution in [0.4, 0.5) is 19.0 Å². The molecule has 2 heterocycles. The maximum atomic E-state index is 12.7. The largest absolute Gasteiger partial charge is 0.490 e. The molecule has 0 spiro atoms. The fourth-order valence-corrected chi connectivity index (χ4v) is 2.23. The summed E-state index contributed by atoms with van der Waals surface area (Å²) in [5, 5.41) is 2.31. The molecule has 0 saturated heterocycles. The number of halogens is 3. The first-order valence-corrected chi connectivity index (χ1v) is 6.71. The van der Waals surface area contributed by atoms with Gasteiger partial charge in [-0.2, -0.15) is 13.2 Å². The second kappa shape index (κ2) is 6.08. The van der Waals surface area contributed by atoms with Crippen LogP contribution in [-0.2, 0) is 6.18 Å². The van der Waals surface area contributed by atoms with Crippen molar-refractivity contribution in [1.82, 2.24) is 9.97 Å². The van der Waals surface area contributed by atoms with E-state index in [0.717, 1.165) is 5.51 Å². The third-order valence-corrected chi connectivity index (χ3v) is 3.17. The van der Waals surface area contributed by atoms with Crippen LogP contribution in [0, 0.1) is 0 Å². The maximum Gasteiger partial charge on any atom is 0.434 e. The van der Waals surface area contributed by atoms with Crippen LogP contribution in [-0.4, -0.2) is 22.5 Å². The van der Waals surface area contributed by atoms with E-state index in [0.29, 0.717) is 17.9 Å². The molecule has 0 radical (unpaired) electrons. The van der Waals surface area contributed by atoms with Crippen molar-refractivity contribution in [2.75, 3.05) is 11.9 Å². The van der Waals surface area contributed by atoms with E-state index in [1.165, 1.54) is 6.20 Å². The molecule has 0 aliphatic carbocycles. The molecule has 0 bridgehead atoms. The van der Waals surface area contributed by atoms with Gasteiger partial charge in [0.05, 0.1) is 12.1 Å². The molecule has 5 nitrogen and oxygen atoms in total. The van der Waals surface area contributed by atoms with Crippen molar-refractivity contribution in [1.29, 1.82) is 0 Å². The Balaban J connectivity index is 2.25. The van der Waals surface area contributed by atoms with Gasteiger partial charge in [-0.25, -0.2) is 9.97 Å². The minimum atomic E-state index is -4.68. The summed E-state index contributed by atoms with van der Waals surface area (Å²) in [7, 11) is 0. The average Bonchev–Trinajstić information content (AvgIpc) is 2.90. The van der Waals surface area contributed by atoms with E-state index in [-0.39, 0.29) is 11.6 Å². The number of pyridine rings is 1. The van der Waals surface area contributed by atoms with Crippen molar-refractivity contribution in [2.24, 2.45) is 0 Å². The Hall–Kier alpha value is -2.16. The van der Waals surface area contributed by atoms with Gasteiger partial charge in [0.25, 0.3) is 5.91 Å². The lowest BCUT2D eigenvalue weighted by Crippen LogP contribution is -2.18. The van der Waals surface area contributed by atoms with Crippen LogP contribution >= 0.6 is 11.3 Å². The highest BCUT2D eigenvalue weighted by Gasteiger charge is 2.38. The second-order valence-corrected chi connectivity index (χ2v) is 4.62. The topological polar surface area (TPSA) is 64.1 Å². The van der Waals surface area contributed by atoms with E-state index in [2.05, 4.69) is 15.3 Å². The number of ether oxygens (including phenoxy) is 1. The minimum absolute atomic E-state index is 0.0610. The number of aromatic nitrogens is 2. The quantitative estimate of drug-likeness (QED) is 0.940. The fraction of sp³-hybridized carbons (Fsp3) is 0.250. The van der Waals surface area contributed by atoms with Crippen molar-refractivity contribution in [3.8, 4) is 5.75 Å².